The number of hydrogen-bond donors (Lipinski definition) is 4. The van der Waals surface area contributed by atoms with Gasteiger partial charge in [-0.25, -0.2) is 0 Å². The Morgan fingerprint density at radius 3 is 1.36 bits per heavy atom. The summed E-state index contributed by atoms with van der Waals surface area (Å²) in [6.45, 7) is 0.474. The van der Waals surface area contributed by atoms with Crippen LogP contribution in [0.2, 0.25) is 0 Å². The minimum Gasteiger partial charge on any atom is -0.467 e. The van der Waals surface area contributed by atoms with Crippen molar-refractivity contribution in [1.29, 1.82) is 0 Å². The number of anilines is 2. The van der Waals surface area contributed by atoms with Crippen LogP contribution in [0, 0.1) is 0 Å². The lowest BCUT2D eigenvalue weighted by Crippen LogP contribution is -2.34. The van der Waals surface area contributed by atoms with Crippen LogP contribution in [0.1, 0.15) is 0 Å². The van der Waals surface area contributed by atoms with Gasteiger partial charge in [-0.3, -0.25) is 0 Å². The van der Waals surface area contributed by atoms with Gasteiger partial charge in [0.15, 0.2) is 0 Å². The van der Waals surface area contributed by atoms with Gasteiger partial charge in [-0.05, 0) is 0 Å². The Balaban J connectivity index is 3.14. The van der Waals surface area contributed by atoms with E-state index < -0.39 is 0 Å². The molecule has 0 amide bonds. The lowest BCUT2D eigenvalue weighted by molar-refractivity contribution is 0.278. The van der Waals surface area contributed by atoms with Gasteiger partial charge in [-0.2, -0.15) is 15.0 Å². The normalized spacial score (nSPS) is 10.6. The van der Waals surface area contributed by atoms with Crippen molar-refractivity contribution < 1.29 is 25.2 Å². The predicted octanol–water partition coefficient (Wildman–Crippen LogP) is -2.54. The molecular formula is C12H23N5O5. The van der Waals surface area contributed by atoms with Crippen molar-refractivity contribution in [2.45, 2.75) is 0 Å². The van der Waals surface area contributed by atoms with Crippen molar-refractivity contribution in [3.05, 3.63) is 0 Å². The van der Waals surface area contributed by atoms with Gasteiger partial charge in [0.2, 0.25) is 11.9 Å². The van der Waals surface area contributed by atoms with Crippen LogP contribution < -0.4 is 14.5 Å². The summed E-state index contributed by atoms with van der Waals surface area (Å²) < 4.78 is 5.04. The molecule has 0 radical (unpaired) electrons. The molecule has 1 heterocycles. The van der Waals surface area contributed by atoms with Crippen LogP contribution in [-0.4, -0.2) is 95.1 Å². The molecule has 0 bridgehead atoms. The standard InChI is InChI=1S/C12H23N5O5/c1-22-12-14-10(16(2-6-18)3-7-19)13-11(15-12)17(4-8-20)5-9-21/h18-21H,2-9H2,1H3. The first-order chi connectivity index (χ1) is 10.7. The van der Waals surface area contributed by atoms with Gasteiger partial charge in [0.05, 0.1) is 33.5 Å². The van der Waals surface area contributed by atoms with Crippen molar-refractivity contribution in [3.63, 3.8) is 0 Å². The van der Waals surface area contributed by atoms with Crippen LogP contribution >= 0.6 is 0 Å². The molecule has 0 aliphatic rings. The Bertz CT molecular complexity index is 390. The summed E-state index contributed by atoms with van der Waals surface area (Å²) in [5.41, 5.74) is 0. The Labute approximate surface area is 128 Å². The molecule has 0 atom stereocenters. The second-order valence-electron chi connectivity index (χ2n) is 4.29. The fourth-order valence-corrected chi connectivity index (χ4v) is 1.82. The van der Waals surface area contributed by atoms with Crippen LogP contribution in [0.25, 0.3) is 0 Å². The van der Waals surface area contributed by atoms with Gasteiger partial charge in [0.1, 0.15) is 0 Å². The molecule has 1 rings (SSSR count). The quantitative estimate of drug-likeness (QED) is 0.346. The molecular weight excluding hydrogens is 294 g/mol. The number of aliphatic hydroxyl groups excluding tert-OH is 4. The fraction of sp³-hybridized carbons (Fsp3) is 0.750. The molecule has 0 spiro atoms. The average Bonchev–Trinajstić information content (AvgIpc) is 2.54. The van der Waals surface area contributed by atoms with E-state index in [9.17, 15) is 0 Å². The number of hydrogen-bond acceptors (Lipinski definition) is 10. The first-order valence-corrected chi connectivity index (χ1v) is 6.93. The van der Waals surface area contributed by atoms with Crippen LogP contribution in [0.5, 0.6) is 6.01 Å². The largest absolute Gasteiger partial charge is 0.467 e. The van der Waals surface area contributed by atoms with Crippen molar-refractivity contribution in [2.24, 2.45) is 0 Å². The van der Waals surface area contributed by atoms with Gasteiger partial charge < -0.3 is 35.0 Å². The molecule has 4 N–H and O–H groups in total. The lowest BCUT2D eigenvalue weighted by Gasteiger charge is -2.24. The molecule has 0 aromatic carbocycles. The third-order valence-electron chi connectivity index (χ3n) is 2.82. The smallest absolute Gasteiger partial charge is 0.322 e. The fourth-order valence-electron chi connectivity index (χ4n) is 1.82. The van der Waals surface area contributed by atoms with Gasteiger partial charge in [-0.1, -0.05) is 0 Å². The van der Waals surface area contributed by atoms with Crippen LogP contribution in [0.15, 0.2) is 0 Å². The van der Waals surface area contributed by atoms with Gasteiger partial charge >= 0.3 is 6.01 Å². The van der Waals surface area contributed by atoms with Gasteiger partial charge in [-0.15, -0.1) is 0 Å². The summed E-state index contributed by atoms with van der Waals surface area (Å²) >= 11 is 0. The molecule has 1 aromatic heterocycles. The second kappa shape index (κ2) is 10.1. The molecule has 22 heavy (non-hydrogen) atoms. The SMILES string of the molecule is COc1nc(N(CCO)CCO)nc(N(CCO)CCO)n1. The number of aliphatic hydroxyl groups is 4. The summed E-state index contributed by atoms with van der Waals surface area (Å²) in [5, 5.41) is 36.4. The van der Waals surface area contributed by atoms with E-state index >= 15 is 0 Å². The Hall–Kier alpha value is -1.75. The van der Waals surface area contributed by atoms with Crippen LogP contribution in [0.4, 0.5) is 11.9 Å². The minimum atomic E-state index is -0.125. The van der Waals surface area contributed by atoms with Gasteiger partial charge in [0.25, 0.3) is 0 Å². The maximum atomic E-state index is 9.10. The highest BCUT2D eigenvalue weighted by Gasteiger charge is 2.17. The molecule has 10 nitrogen and oxygen atoms in total. The molecule has 0 saturated heterocycles. The maximum absolute atomic E-state index is 9.10. The number of aromatic nitrogens is 3. The predicted molar refractivity (Wildman–Crippen MR) is 79.1 cm³/mol. The Morgan fingerprint density at radius 2 is 1.09 bits per heavy atom. The van der Waals surface area contributed by atoms with E-state index in [-0.39, 0.29) is 70.5 Å². The van der Waals surface area contributed by atoms with Gasteiger partial charge in [0, 0.05) is 26.2 Å². The van der Waals surface area contributed by atoms with E-state index in [0.717, 1.165) is 0 Å². The number of methoxy groups -OCH3 is 1. The maximum Gasteiger partial charge on any atom is 0.322 e. The lowest BCUT2D eigenvalue weighted by atomic mass is 10.5. The van der Waals surface area contributed by atoms with E-state index in [2.05, 4.69) is 15.0 Å². The number of nitrogens with zero attached hydrogens (tertiary/aromatic N) is 5. The van der Waals surface area contributed by atoms with Crippen LogP contribution in [-0.2, 0) is 0 Å². The second-order valence-corrected chi connectivity index (χ2v) is 4.29. The van der Waals surface area contributed by atoms with Crippen molar-refractivity contribution in [3.8, 4) is 6.01 Å². The first kappa shape index (κ1) is 18.3. The zero-order valence-corrected chi connectivity index (χ0v) is 12.6. The summed E-state index contributed by atoms with van der Waals surface area (Å²) in [5.74, 6) is 0.483. The zero-order valence-electron chi connectivity index (χ0n) is 12.6. The average molecular weight is 317 g/mol. The molecule has 10 heteroatoms. The molecule has 0 aliphatic carbocycles. The highest BCUT2D eigenvalue weighted by atomic mass is 16.5. The third kappa shape index (κ3) is 5.22. The molecule has 0 aliphatic heterocycles. The monoisotopic (exact) mass is 317 g/mol. The van der Waals surface area contributed by atoms with E-state index in [1.165, 1.54) is 7.11 Å². The highest BCUT2D eigenvalue weighted by molar-refractivity contribution is 5.40. The molecule has 0 fully saturated rings. The third-order valence-corrected chi connectivity index (χ3v) is 2.82. The number of rotatable bonds is 11. The summed E-state index contributed by atoms with van der Waals surface area (Å²) in [6.07, 6.45) is 0. The topological polar surface area (TPSA) is 135 Å². The Morgan fingerprint density at radius 1 is 0.727 bits per heavy atom. The molecule has 0 unspecified atom stereocenters. The molecule has 1 aromatic rings. The highest BCUT2D eigenvalue weighted by Crippen LogP contribution is 2.17. The summed E-state index contributed by atoms with van der Waals surface area (Å²) in [4.78, 5) is 15.6. The van der Waals surface area contributed by atoms with E-state index in [1.54, 1.807) is 9.80 Å². The molecule has 0 saturated carbocycles. The minimum absolute atomic E-state index is 0.0711. The summed E-state index contributed by atoms with van der Waals surface area (Å²) in [7, 11) is 1.41. The van der Waals surface area contributed by atoms with E-state index in [0.29, 0.717) is 0 Å². The van der Waals surface area contributed by atoms with E-state index in [4.69, 9.17) is 25.2 Å². The summed E-state index contributed by atoms with van der Waals surface area (Å²) in [6, 6.07) is 0.0711. The zero-order chi connectivity index (χ0) is 16.4. The number of ether oxygens (including phenoxy) is 1. The van der Waals surface area contributed by atoms with E-state index in [1.807, 2.05) is 0 Å². The first-order valence-electron chi connectivity index (χ1n) is 6.93. The van der Waals surface area contributed by atoms with Crippen molar-refractivity contribution in [2.75, 3.05) is 69.5 Å². The molecule has 126 valence electrons. The van der Waals surface area contributed by atoms with Crippen molar-refractivity contribution in [1.82, 2.24) is 15.0 Å². The van der Waals surface area contributed by atoms with Crippen molar-refractivity contribution >= 4 is 11.9 Å². The Kier molecular flexibility index (Phi) is 8.36. The van der Waals surface area contributed by atoms with Crippen LogP contribution in [0.3, 0.4) is 0 Å².